The molecule has 0 aromatic carbocycles. The maximum Gasteiger partial charge on any atom is 0.223 e. The number of nitrogens with zero attached hydrogens (tertiary/aromatic N) is 1. The fourth-order valence-corrected chi connectivity index (χ4v) is 3.77. The Morgan fingerprint density at radius 2 is 2.10 bits per heavy atom. The third-order valence-electron chi connectivity index (χ3n) is 5.14. The molecule has 1 saturated heterocycles. The Balaban J connectivity index is 1.75. The minimum absolute atomic E-state index is 0.171. The fraction of sp³-hybridized carbons (Fsp3) is 0.938. The second-order valence-electron chi connectivity index (χ2n) is 6.88. The average Bonchev–Trinajstić information content (AvgIpc) is 2.93. The van der Waals surface area contributed by atoms with E-state index in [0.29, 0.717) is 24.4 Å². The van der Waals surface area contributed by atoms with E-state index in [1.807, 2.05) is 0 Å². The molecule has 3 atom stereocenters. The maximum absolute atomic E-state index is 12.3. The molecule has 1 aliphatic carbocycles. The van der Waals surface area contributed by atoms with Crippen LogP contribution in [0.3, 0.4) is 0 Å². The fourth-order valence-electron chi connectivity index (χ4n) is 3.77. The van der Waals surface area contributed by atoms with Gasteiger partial charge < -0.3 is 16.0 Å². The molecule has 0 radical (unpaired) electrons. The Morgan fingerprint density at radius 1 is 1.30 bits per heavy atom. The Hall–Kier alpha value is -0.610. The summed E-state index contributed by atoms with van der Waals surface area (Å²) >= 11 is 0. The number of likely N-dealkylation sites (tertiary alicyclic amines) is 1. The lowest BCUT2D eigenvalue weighted by Crippen LogP contribution is -2.45. The van der Waals surface area contributed by atoms with Gasteiger partial charge in [-0.1, -0.05) is 6.42 Å². The lowest BCUT2D eigenvalue weighted by atomic mass is 9.94. The van der Waals surface area contributed by atoms with Gasteiger partial charge in [0.15, 0.2) is 0 Å². The van der Waals surface area contributed by atoms with E-state index in [1.54, 1.807) is 0 Å². The lowest BCUT2D eigenvalue weighted by molar-refractivity contribution is -0.126. The van der Waals surface area contributed by atoms with Crippen LogP contribution in [0.4, 0.5) is 0 Å². The Bertz CT molecular complexity index is 319. The zero-order chi connectivity index (χ0) is 14.5. The predicted molar refractivity (Wildman–Crippen MR) is 82.3 cm³/mol. The molecule has 3 N–H and O–H groups in total. The van der Waals surface area contributed by atoms with Gasteiger partial charge in [0.05, 0.1) is 0 Å². The number of rotatable bonds is 5. The molecule has 1 amide bonds. The molecule has 116 valence electrons. The van der Waals surface area contributed by atoms with Gasteiger partial charge in [-0.15, -0.1) is 0 Å². The Kier molecular flexibility index (Phi) is 5.85. The number of carbonyl (C=O) groups is 1. The summed E-state index contributed by atoms with van der Waals surface area (Å²) in [5, 5.41) is 3.20. The van der Waals surface area contributed by atoms with Crippen molar-refractivity contribution < 1.29 is 4.79 Å². The summed E-state index contributed by atoms with van der Waals surface area (Å²) in [6.45, 7) is 8.35. The molecular formula is C16H31N3O. The number of amides is 1. The molecule has 2 fully saturated rings. The van der Waals surface area contributed by atoms with Crippen LogP contribution in [-0.2, 0) is 4.79 Å². The van der Waals surface area contributed by atoms with Crippen molar-refractivity contribution in [1.82, 2.24) is 10.2 Å². The van der Waals surface area contributed by atoms with Gasteiger partial charge in [0.25, 0.3) is 0 Å². The largest absolute Gasteiger partial charge is 0.356 e. The molecule has 4 nitrogen and oxygen atoms in total. The van der Waals surface area contributed by atoms with Crippen molar-refractivity contribution in [2.24, 2.45) is 23.5 Å². The number of carbonyl (C=O) groups excluding carboxylic acids is 1. The van der Waals surface area contributed by atoms with Crippen molar-refractivity contribution in [2.45, 2.75) is 52.0 Å². The SMILES string of the molecule is CC(C)N1CCCC(CNC(=O)[C@@H]2CCC[C@@H]2CN)C1. The first-order chi connectivity index (χ1) is 9.61. The summed E-state index contributed by atoms with van der Waals surface area (Å²) in [5.74, 6) is 1.45. The highest BCUT2D eigenvalue weighted by molar-refractivity contribution is 5.79. The first-order valence-corrected chi connectivity index (χ1v) is 8.33. The topological polar surface area (TPSA) is 58.4 Å². The number of piperidine rings is 1. The van der Waals surface area contributed by atoms with Crippen molar-refractivity contribution in [3.05, 3.63) is 0 Å². The first-order valence-electron chi connectivity index (χ1n) is 8.33. The Morgan fingerprint density at radius 3 is 2.80 bits per heavy atom. The van der Waals surface area contributed by atoms with E-state index in [-0.39, 0.29) is 11.8 Å². The number of hydrogen-bond acceptors (Lipinski definition) is 3. The van der Waals surface area contributed by atoms with E-state index < -0.39 is 0 Å². The zero-order valence-corrected chi connectivity index (χ0v) is 13.1. The van der Waals surface area contributed by atoms with E-state index in [9.17, 15) is 4.79 Å². The summed E-state index contributed by atoms with van der Waals surface area (Å²) in [5.41, 5.74) is 5.77. The highest BCUT2D eigenvalue weighted by atomic mass is 16.1. The van der Waals surface area contributed by atoms with Gasteiger partial charge in [0.1, 0.15) is 0 Å². The van der Waals surface area contributed by atoms with Gasteiger partial charge in [-0.05, 0) is 64.5 Å². The molecule has 0 aromatic heterocycles. The number of nitrogens with one attached hydrogen (secondary N) is 1. The molecule has 2 rings (SSSR count). The minimum atomic E-state index is 0.171. The quantitative estimate of drug-likeness (QED) is 0.805. The van der Waals surface area contributed by atoms with E-state index in [1.165, 1.54) is 19.4 Å². The Labute approximate surface area is 123 Å². The smallest absolute Gasteiger partial charge is 0.223 e. The highest BCUT2D eigenvalue weighted by Crippen LogP contribution is 2.31. The van der Waals surface area contributed by atoms with Crippen LogP contribution in [0.5, 0.6) is 0 Å². The highest BCUT2D eigenvalue weighted by Gasteiger charge is 2.32. The predicted octanol–water partition coefficient (Wildman–Crippen LogP) is 1.60. The number of nitrogens with two attached hydrogens (primary N) is 1. The number of hydrogen-bond donors (Lipinski definition) is 2. The van der Waals surface area contributed by atoms with Crippen LogP contribution < -0.4 is 11.1 Å². The van der Waals surface area contributed by atoms with Gasteiger partial charge in [-0.3, -0.25) is 4.79 Å². The molecule has 20 heavy (non-hydrogen) atoms. The van der Waals surface area contributed by atoms with E-state index in [2.05, 4.69) is 24.1 Å². The molecule has 0 spiro atoms. The van der Waals surface area contributed by atoms with Gasteiger partial charge in [0, 0.05) is 25.0 Å². The van der Waals surface area contributed by atoms with Gasteiger partial charge in [-0.25, -0.2) is 0 Å². The van der Waals surface area contributed by atoms with Crippen LogP contribution in [0.1, 0.15) is 46.0 Å². The van der Waals surface area contributed by atoms with Crippen LogP contribution >= 0.6 is 0 Å². The summed E-state index contributed by atoms with van der Waals surface area (Å²) in [6, 6.07) is 0.616. The summed E-state index contributed by atoms with van der Waals surface area (Å²) in [6.07, 6.45) is 5.81. The van der Waals surface area contributed by atoms with E-state index in [0.717, 1.165) is 32.4 Å². The van der Waals surface area contributed by atoms with Crippen molar-refractivity contribution in [3.63, 3.8) is 0 Å². The summed E-state index contributed by atoms with van der Waals surface area (Å²) in [7, 11) is 0. The van der Waals surface area contributed by atoms with Crippen LogP contribution in [0, 0.1) is 17.8 Å². The second-order valence-corrected chi connectivity index (χ2v) is 6.88. The molecule has 0 aromatic rings. The molecule has 1 aliphatic heterocycles. The normalized spacial score (nSPS) is 31.7. The van der Waals surface area contributed by atoms with Crippen LogP contribution in [0.15, 0.2) is 0 Å². The lowest BCUT2D eigenvalue weighted by Gasteiger charge is -2.35. The molecule has 4 heteroatoms. The zero-order valence-electron chi connectivity index (χ0n) is 13.1. The minimum Gasteiger partial charge on any atom is -0.356 e. The molecule has 2 aliphatic rings. The molecule has 1 heterocycles. The molecule has 1 saturated carbocycles. The van der Waals surface area contributed by atoms with Crippen molar-refractivity contribution >= 4 is 5.91 Å². The van der Waals surface area contributed by atoms with Gasteiger partial charge in [-0.2, -0.15) is 0 Å². The molecule has 0 bridgehead atoms. The van der Waals surface area contributed by atoms with Gasteiger partial charge >= 0.3 is 0 Å². The van der Waals surface area contributed by atoms with Gasteiger partial charge in [0.2, 0.25) is 5.91 Å². The van der Waals surface area contributed by atoms with Crippen LogP contribution in [0.25, 0.3) is 0 Å². The molecule has 1 unspecified atom stereocenters. The first kappa shape index (κ1) is 15.8. The third kappa shape index (κ3) is 3.95. The van der Waals surface area contributed by atoms with Crippen LogP contribution in [-0.4, -0.2) is 43.0 Å². The summed E-state index contributed by atoms with van der Waals surface area (Å²) < 4.78 is 0. The standard InChI is InChI=1S/C16H31N3O/c1-12(2)19-8-4-5-13(11-19)10-18-16(20)15-7-3-6-14(15)9-17/h12-15H,3-11,17H2,1-2H3,(H,18,20)/t13?,14-,15-/m1/s1. The third-order valence-corrected chi connectivity index (χ3v) is 5.14. The average molecular weight is 281 g/mol. The molecular weight excluding hydrogens is 250 g/mol. The summed E-state index contributed by atoms with van der Waals surface area (Å²) in [4.78, 5) is 14.8. The van der Waals surface area contributed by atoms with Crippen molar-refractivity contribution in [3.8, 4) is 0 Å². The monoisotopic (exact) mass is 281 g/mol. The van der Waals surface area contributed by atoms with Crippen molar-refractivity contribution in [2.75, 3.05) is 26.2 Å². The van der Waals surface area contributed by atoms with E-state index in [4.69, 9.17) is 5.73 Å². The second kappa shape index (κ2) is 7.41. The van der Waals surface area contributed by atoms with Crippen LogP contribution in [0.2, 0.25) is 0 Å². The maximum atomic E-state index is 12.3. The van der Waals surface area contributed by atoms with Crippen molar-refractivity contribution in [1.29, 1.82) is 0 Å². The van der Waals surface area contributed by atoms with E-state index >= 15 is 0 Å².